The molecule has 0 bridgehead atoms. The summed E-state index contributed by atoms with van der Waals surface area (Å²) in [6, 6.07) is 10.6. The van der Waals surface area contributed by atoms with E-state index in [0.717, 1.165) is 13.1 Å². The average Bonchev–Trinajstić information content (AvgIpc) is 2.32. The molecule has 1 rings (SSSR count). The molecule has 0 saturated carbocycles. The molecule has 1 heteroatoms. The molecule has 1 aromatic rings. The van der Waals surface area contributed by atoms with Gasteiger partial charge in [0.15, 0.2) is 0 Å². The van der Waals surface area contributed by atoms with Crippen molar-refractivity contribution in [3.8, 4) is 0 Å². The van der Waals surface area contributed by atoms with Gasteiger partial charge in [0.25, 0.3) is 0 Å². The Balaban J connectivity index is 2.89. The van der Waals surface area contributed by atoms with Gasteiger partial charge in [0.05, 0.1) is 6.04 Å². The molecule has 0 aromatic heterocycles. The predicted octanol–water partition coefficient (Wildman–Crippen LogP) is 3.59. The molecule has 0 N–H and O–H groups in total. The number of nitrogens with zero attached hydrogens (tertiary/aromatic N) is 1. The van der Waals surface area contributed by atoms with Gasteiger partial charge in [0.1, 0.15) is 0 Å². The predicted molar refractivity (Wildman–Crippen MR) is 71.3 cm³/mol. The van der Waals surface area contributed by atoms with Gasteiger partial charge in [-0.2, -0.15) is 0 Å². The third kappa shape index (κ3) is 3.21. The number of benzene rings is 1. The molecular weight excluding hydrogens is 194 g/mol. The summed E-state index contributed by atoms with van der Waals surface area (Å²) in [5.41, 5.74) is 1.25. The van der Waals surface area contributed by atoms with Crippen molar-refractivity contribution < 1.29 is 0 Å². The van der Waals surface area contributed by atoms with Gasteiger partial charge >= 0.3 is 0 Å². The van der Waals surface area contributed by atoms with Crippen molar-refractivity contribution in [2.75, 3.05) is 13.1 Å². The minimum Gasteiger partial charge on any atom is -0.286 e. The molecule has 1 aromatic carbocycles. The fraction of sp³-hybridized carbons (Fsp3) is 0.200. The van der Waals surface area contributed by atoms with Crippen LogP contribution in [0.5, 0.6) is 0 Å². The van der Waals surface area contributed by atoms with Crippen LogP contribution in [0.4, 0.5) is 0 Å². The van der Waals surface area contributed by atoms with Crippen LogP contribution in [0, 0.1) is 0 Å². The van der Waals surface area contributed by atoms with E-state index in [0.29, 0.717) is 0 Å². The molecule has 0 aliphatic carbocycles. The van der Waals surface area contributed by atoms with E-state index >= 15 is 0 Å². The molecule has 1 atom stereocenters. The molecule has 0 radical (unpaired) electrons. The second-order valence-corrected chi connectivity index (χ2v) is 3.62. The Kier molecular flexibility index (Phi) is 5.30. The van der Waals surface area contributed by atoms with E-state index in [9.17, 15) is 0 Å². The summed E-state index contributed by atoms with van der Waals surface area (Å²) in [7, 11) is 0. The molecule has 1 nitrogen and oxygen atoms in total. The maximum absolute atomic E-state index is 3.91. The highest BCUT2D eigenvalue weighted by molar-refractivity contribution is 5.23. The molecule has 0 aliphatic heterocycles. The number of hydrogen-bond acceptors (Lipinski definition) is 1. The quantitative estimate of drug-likeness (QED) is 0.626. The van der Waals surface area contributed by atoms with Gasteiger partial charge in [-0.05, 0) is 5.56 Å². The first-order valence-corrected chi connectivity index (χ1v) is 5.46. The van der Waals surface area contributed by atoms with Gasteiger partial charge in [-0.15, -0.1) is 19.7 Å². The third-order valence-corrected chi connectivity index (χ3v) is 2.48. The highest BCUT2D eigenvalue weighted by Gasteiger charge is 2.14. The number of hydrogen-bond donors (Lipinski definition) is 0. The van der Waals surface area contributed by atoms with Crippen LogP contribution in [0.3, 0.4) is 0 Å². The van der Waals surface area contributed by atoms with Crippen molar-refractivity contribution in [2.45, 2.75) is 6.04 Å². The maximum atomic E-state index is 3.91. The van der Waals surface area contributed by atoms with Crippen LogP contribution in [0.2, 0.25) is 0 Å². The SMILES string of the molecule is C=CCN(CC=C)C(C=C)c1ccccc1. The summed E-state index contributed by atoms with van der Waals surface area (Å²) in [4.78, 5) is 2.27. The van der Waals surface area contributed by atoms with Crippen LogP contribution in [-0.4, -0.2) is 18.0 Å². The first-order chi connectivity index (χ1) is 7.83. The Morgan fingerprint density at radius 3 is 2.00 bits per heavy atom. The molecule has 84 valence electrons. The smallest absolute Gasteiger partial charge is 0.0535 e. The van der Waals surface area contributed by atoms with Gasteiger partial charge in [-0.3, -0.25) is 4.90 Å². The highest BCUT2D eigenvalue weighted by atomic mass is 15.1. The summed E-state index contributed by atoms with van der Waals surface area (Å²) in [6.07, 6.45) is 5.77. The lowest BCUT2D eigenvalue weighted by Crippen LogP contribution is -2.27. The van der Waals surface area contributed by atoms with Crippen LogP contribution < -0.4 is 0 Å². The zero-order chi connectivity index (χ0) is 11.8. The fourth-order valence-electron chi connectivity index (χ4n) is 1.78. The van der Waals surface area contributed by atoms with Crippen LogP contribution in [-0.2, 0) is 0 Å². The molecule has 0 spiro atoms. The van der Waals surface area contributed by atoms with Crippen LogP contribution >= 0.6 is 0 Å². The van der Waals surface area contributed by atoms with E-state index in [1.165, 1.54) is 5.56 Å². The van der Waals surface area contributed by atoms with Crippen molar-refractivity contribution in [2.24, 2.45) is 0 Å². The Labute approximate surface area is 98.4 Å². The van der Waals surface area contributed by atoms with E-state index in [2.05, 4.69) is 36.8 Å². The molecular formula is C15H19N. The molecule has 1 unspecified atom stereocenters. The first-order valence-electron chi connectivity index (χ1n) is 5.46. The topological polar surface area (TPSA) is 3.24 Å². The highest BCUT2D eigenvalue weighted by Crippen LogP contribution is 2.21. The van der Waals surface area contributed by atoms with E-state index in [4.69, 9.17) is 0 Å². The second-order valence-electron chi connectivity index (χ2n) is 3.62. The largest absolute Gasteiger partial charge is 0.286 e. The fourth-order valence-corrected chi connectivity index (χ4v) is 1.78. The van der Waals surface area contributed by atoms with E-state index in [1.807, 2.05) is 36.4 Å². The Hall–Kier alpha value is -1.60. The summed E-state index contributed by atoms with van der Waals surface area (Å²) >= 11 is 0. The second kappa shape index (κ2) is 6.81. The minimum absolute atomic E-state index is 0.220. The molecule has 0 amide bonds. The lowest BCUT2D eigenvalue weighted by atomic mass is 10.1. The monoisotopic (exact) mass is 213 g/mol. The van der Waals surface area contributed by atoms with E-state index in [-0.39, 0.29) is 6.04 Å². The molecule has 16 heavy (non-hydrogen) atoms. The normalized spacial score (nSPS) is 12.1. The van der Waals surface area contributed by atoms with Gasteiger partial charge < -0.3 is 0 Å². The molecule has 0 fully saturated rings. The summed E-state index contributed by atoms with van der Waals surface area (Å²) in [5.74, 6) is 0. The Morgan fingerprint density at radius 2 is 1.56 bits per heavy atom. The van der Waals surface area contributed by atoms with Gasteiger partial charge in [-0.25, -0.2) is 0 Å². The minimum atomic E-state index is 0.220. The van der Waals surface area contributed by atoms with Gasteiger partial charge in [0, 0.05) is 13.1 Å². The lowest BCUT2D eigenvalue weighted by Gasteiger charge is -2.27. The summed E-state index contributed by atoms with van der Waals surface area (Å²) < 4.78 is 0. The lowest BCUT2D eigenvalue weighted by molar-refractivity contribution is 0.285. The number of rotatable bonds is 7. The molecule has 0 saturated heterocycles. The van der Waals surface area contributed by atoms with Gasteiger partial charge in [0.2, 0.25) is 0 Å². The van der Waals surface area contributed by atoms with E-state index < -0.39 is 0 Å². The van der Waals surface area contributed by atoms with Crippen molar-refractivity contribution in [3.63, 3.8) is 0 Å². The zero-order valence-corrected chi connectivity index (χ0v) is 9.68. The van der Waals surface area contributed by atoms with Crippen LogP contribution in [0.25, 0.3) is 0 Å². The maximum Gasteiger partial charge on any atom is 0.0535 e. The average molecular weight is 213 g/mol. The van der Waals surface area contributed by atoms with Crippen LogP contribution in [0.15, 0.2) is 68.3 Å². The molecule has 0 heterocycles. The van der Waals surface area contributed by atoms with Crippen LogP contribution in [0.1, 0.15) is 11.6 Å². The summed E-state index contributed by atoms with van der Waals surface area (Å²) in [5, 5.41) is 0. The van der Waals surface area contributed by atoms with Crippen molar-refractivity contribution in [3.05, 3.63) is 73.9 Å². The Morgan fingerprint density at radius 1 is 1.00 bits per heavy atom. The van der Waals surface area contributed by atoms with Crippen molar-refractivity contribution in [1.82, 2.24) is 4.90 Å². The van der Waals surface area contributed by atoms with Crippen molar-refractivity contribution >= 4 is 0 Å². The zero-order valence-electron chi connectivity index (χ0n) is 9.68. The Bertz CT molecular complexity index is 330. The first kappa shape index (κ1) is 12.5. The van der Waals surface area contributed by atoms with E-state index in [1.54, 1.807) is 0 Å². The standard InChI is InChI=1S/C15H19N/c1-4-12-16(13-5-2)15(6-3)14-10-8-7-9-11-14/h4-11,15H,1-3,12-13H2. The van der Waals surface area contributed by atoms with Crippen molar-refractivity contribution in [1.29, 1.82) is 0 Å². The third-order valence-electron chi connectivity index (χ3n) is 2.48. The molecule has 0 aliphatic rings. The van der Waals surface area contributed by atoms with Gasteiger partial charge in [-0.1, -0.05) is 48.6 Å². The summed E-state index contributed by atoms with van der Waals surface area (Å²) in [6.45, 7) is 13.1.